The van der Waals surface area contributed by atoms with Gasteiger partial charge >= 0.3 is 0 Å². The average molecular weight is 469 g/mol. The van der Waals surface area contributed by atoms with Crippen LogP contribution in [-0.4, -0.2) is 37.4 Å². The molecule has 2 aliphatic rings. The lowest BCUT2D eigenvalue weighted by atomic mass is 9.86. The topological polar surface area (TPSA) is 98.2 Å². The highest BCUT2D eigenvalue weighted by molar-refractivity contribution is 6.00. The Morgan fingerprint density at radius 2 is 1.71 bits per heavy atom. The van der Waals surface area contributed by atoms with Gasteiger partial charge in [-0.3, -0.25) is 9.78 Å². The molecule has 7 nitrogen and oxygen atoms in total. The van der Waals surface area contributed by atoms with Crippen molar-refractivity contribution < 1.29 is 4.79 Å². The van der Waals surface area contributed by atoms with E-state index in [-0.39, 0.29) is 11.7 Å². The zero-order valence-electron chi connectivity index (χ0n) is 20.5. The van der Waals surface area contributed by atoms with Gasteiger partial charge in [-0.15, -0.1) is 0 Å². The number of benzene rings is 1. The number of ketones is 1. The number of anilines is 1. The van der Waals surface area contributed by atoms with Gasteiger partial charge in [0, 0.05) is 40.9 Å². The third-order valence-electron chi connectivity index (χ3n) is 7.07. The average Bonchev–Trinajstić information content (AvgIpc) is 3.48. The third-order valence-corrected chi connectivity index (χ3v) is 7.07. The highest BCUT2D eigenvalue weighted by Crippen LogP contribution is 2.40. The maximum Gasteiger partial charge on any atom is 0.165 e. The van der Waals surface area contributed by atoms with Crippen LogP contribution < -0.4 is 11.1 Å². The van der Waals surface area contributed by atoms with Crippen LogP contribution in [0.1, 0.15) is 68.4 Å². The number of carbonyl (C=O) groups is 1. The lowest BCUT2D eigenvalue weighted by molar-refractivity contribution is 0.101. The number of piperidine rings is 1. The predicted molar refractivity (Wildman–Crippen MR) is 139 cm³/mol. The molecule has 2 bridgehead atoms. The van der Waals surface area contributed by atoms with Crippen molar-refractivity contribution in [1.82, 2.24) is 24.9 Å². The van der Waals surface area contributed by atoms with Crippen LogP contribution in [0.15, 0.2) is 54.9 Å². The summed E-state index contributed by atoms with van der Waals surface area (Å²) in [6.07, 6.45) is 7.95. The molecule has 0 amide bonds. The minimum atomic E-state index is -0.0614. The van der Waals surface area contributed by atoms with Gasteiger partial charge in [0.2, 0.25) is 0 Å². The van der Waals surface area contributed by atoms with Crippen molar-refractivity contribution in [2.24, 2.45) is 0 Å². The SMILES string of the molecule is CC.CC(=O)c1c(C2CC3CCC(C2)N3)nc2c(-c3ccc(-c4ccccc4)nc3)cnn2c1N. The lowest BCUT2D eigenvalue weighted by Crippen LogP contribution is -2.38. The fourth-order valence-electron chi connectivity index (χ4n) is 5.51. The number of nitrogens with zero attached hydrogens (tertiary/aromatic N) is 4. The molecule has 0 saturated carbocycles. The van der Waals surface area contributed by atoms with Gasteiger partial charge in [0.1, 0.15) is 5.82 Å². The van der Waals surface area contributed by atoms with E-state index in [1.807, 2.05) is 62.5 Å². The second-order valence-electron chi connectivity index (χ2n) is 9.21. The summed E-state index contributed by atoms with van der Waals surface area (Å²) in [5, 5.41) is 8.16. The second-order valence-corrected chi connectivity index (χ2v) is 9.21. The monoisotopic (exact) mass is 468 g/mol. The summed E-state index contributed by atoms with van der Waals surface area (Å²) in [5.41, 5.74) is 12.3. The summed E-state index contributed by atoms with van der Waals surface area (Å²) in [6.45, 7) is 5.56. The maximum absolute atomic E-state index is 12.6. The van der Waals surface area contributed by atoms with E-state index in [4.69, 9.17) is 10.7 Å². The number of hydrogen-bond donors (Lipinski definition) is 2. The van der Waals surface area contributed by atoms with Crippen molar-refractivity contribution >= 4 is 17.2 Å². The van der Waals surface area contributed by atoms with Crippen LogP contribution in [0, 0.1) is 0 Å². The van der Waals surface area contributed by atoms with E-state index >= 15 is 0 Å². The Morgan fingerprint density at radius 3 is 2.34 bits per heavy atom. The van der Waals surface area contributed by atoms with Gasteiger partial charge in [-0.1, -0.05) is 50.2 Å². The number of nitrogens with one attached hydrogen (secondary N) is 1. The van der Waals surface area contributed by atoms with Gasteiger partial charge in [0.05, 0.1) is 23.1 Å². The van der Waals surface area contributed by atoms with Gasteiger partial charge in [0.25, 0.3) is 0 Å². The van der Waals surface area contributed by atoms with Crippen LogP contribution >= 0.6 is 0 Å². The van der Waals surface area contributed by atoms with E-state index in [9.17, 15) is 4.79 Å². The predicted octanol–water partition coefficient (Wildman–Crippen LogP) is 5.27. The largest absolute Gasteiger partial charge is 0.383 e. The number of nitrogens with two attached hydrogens (primary N) is 1. The molecule has 0 aliphatic carbocycles. The number of pyridine rings is 1. The smallest absolute Gasteiger partial charge is 0.165 e. The third kappa shape index (κ3) is 4.21. The molecule has 2 fully saturated rings. The first-order valence-corrected chi connectivity index (χ1v) is 12.5. The fraction of sp³-hybridized carbons (Fsp3) is 0.357. The summed E-state index contributed by atoms with van der Waals surface area (Å²) in [4.78, 5) is 22.3. The molecule has 6 rings (SSSR count). The molecule has 0 spiro atoms. The van der Waals surface area contributed by atoms with Gasteiger partial charge in [-0.25, -0.2) is 4.98 Å². The minimum Gasteiger partial charge on any atom is -0.383 e. The Balaban J connectivity index is 0.00000124. The summed E-state index contributed by atoms with van der Waals surface area (Å²) in [6, 6.07) is 15.1. The van der Waals surface area contributed by atoms with E-state index in [2.05, 4.69) is 15.4 Å². The van der Waals surface area contributed by atoms with E-state index in [1.165, 1.54) is 12.8 Å². The van der Waals surface area contributed by atoms with Gasteiger partial charge in [-0.2, -0.15) is 9.61 Å². The van der Waals surface area contributed by atoms with Crippen LogP contribution in [0.5, 0.6) is 0 Å². The molecule has 0 radical (unpaired) electrons. The van der Waals surface area contributed by atoms with Gasteiger partial charge in [0.15, 0.2) is 11.4 Å². The van der Waals surface area contributed by atoms with E-state index in [0.717, 1.165) is 40.9 Å². The van der Waals surface area contributed by atoms with Crippen LogP contribution in [0.4, 0.5) is 5.82 Å². The summed E-state index contributed by atoms with van der Waals surface area (Å²) in [5.74, 6) is 0.526. The van der Waals surface area contributed by atoms with Crippen molar-refractivity contribution in [3.05, 3.63) is 66.1 Å². The van der Waals surface area contributed by atoms with Crippen LogP contribution in [-0.2, 0) is 0 Å². The van der Waals surface area contributed by atoms with E-state index in [1.54, 1.807) is 17.6 Å². The van der Waals surface area contributed by atoms with Crippen LogP contribution in [0.2, 0.25) is 0 Å². The molecule has 2 atom stereocenters. The van der Waals surface area contributed by atoms with Crippen molar-refractivity contribution in [3.8, 4) is 22.4 Å². The van der Waals surface area contributed by atoms with Crippen molar-refractivity contribution in [3.63, 3.8) is 0 Å². The normalized spacial score (nSPS) is 20.9. The lowest BCUT2D eigenvalue weighted by Gasteiger charge is -2.30. The highest BCUT2D eigenvalue weighted by Gasteiger charge is 2.37. The second kappa shape index (κ2) is 9.58. The maximum atomic E-state index is 12.6. The molecule has 3 N–H and O–H groups in total. The molecule has 180 valence electrons. The standard InChI is InChI=1S/C26H26N6O.C2H6/c1-15(33)23-24(18-11-19-8-9-20(12-18)30-19)31-26-21(14-29-32(26)25(23)27)17-7-10-22(28-13-17)16-5-3-2-4-6-16;1-2/h2-7,10,13-14,18-20,30H,8-9,11-12,27H2,1H3;1-2H3. The number of aromatic nitrogens is 4. The number of nitrogen functional groups attached to an aromatic ring is 1. The fourth-order valence-corrected chi connectivity index (χ4v) is 5.51. The van der Waals surface area contributed by atoms with E-state index in [0.29, 0.717) is 29.1 Å². The first-order valence-electron chi connectivity index (χ1n) is 12.5. The first-order chi connectivity index (χ1) is 17.1. The number of rotatable bonds is 4. The Bertz CT molecular complexity index is 1330. The molecule has 7 heteroatoms. The zero-order chi connectivity index (χ0) is 24.5. The molecule has 2 aliphatic heterocycles. The van der Waals surface area contributed by atoms with Crippen molar-refractivity contribution in [2.45, 2.75) is 64.5 Å². The molecule has 2 saturated heterocycles. The molecular weight excluding hydrogens is 436 g/mol. The van der Waals surface area contributed by atoms with Crippen molar-refractivity contribution in [1.29, 1.82) is 0 Å². The van der Waals surface area contributed by atoms with Gasteiger partial charge < -0.3 is 11.1 Å². The Labute approximate surface area is 205 Å². The first kappa shape index (κ1) is 23.2. The minimum absolute atomic E-state index is 0.0614. The van der Waals surface area contributed by atoms with Gasteiger partial charge in [-0.05, 0) is 38.7 Å². The molecule has 4 aromatic rings. The number of hydrogen-bond acceptors (Lipinski definition) is 6. The summed E-state index contributed by atoms with van der Waals surface area (Å²) >= 11 is 0. The summed E-state index contributed by atoms with van der Waals surface area (Å²) < 4.78 is 1.59. The molecule has 2 unspecified atom stereocenters. The number of carbonyl (C=O) groups excluding carboxylic acids is 1. The quantitative estimate of drug-likeness (QED) is 0.396. The molecule has 3 aromatic heterocycles. The Morgan fingerprint density at radius 1 is 1.00 bits per heavy atom. The highest BCUT2D eigenvalue weighted by atomic mass is 16.1. The number of fused-ring (bicyclic) bond motifs is 3. The molecule has 35 heavy (non-hydrogen) atoms. The van der Waals surface area contributed by atoms with E-state index < -0.39 is 0 Å². The molecule has 1 aromatic carbocycles. The molecule has 5 heterocycles. The van der Waals surface area contributed by atoms with Crippen LogP contribution in [0.3, 0.4) is 0 Å². The van der Waals surface area contributed by atoms with Crippen LogP contribution in [0.25, 0.3) is 28.0 Å². The Hall–Kier alpha value is -3.58. The van der Waals surface area contributed by atoms with Crippen molar-refractivity contribution in [2.75, 3.05) is 5.73 Å². The summed E-state index contributed by atoms with van der Waals surface area (Å²) in [7, 11) is 0. The zero-order valence-corrected chi connectivity index (χ0v) is 20.5. The molecular formula is C28H32N6O. The number of Topliss-reactive ketones (excluding diaryl/α,β-unsaturated/α-hetero) is 1. The Kier molecular flexibility index (Phi) is 6.34.